The van der Waals surface area contributed by atoms with Gasteiger partial charge >= 0.3 is 0 Å². The maximum absolute atomic E-state index is 13.7. The number of nitrogens with one attached hydrogen (secondary N) is 1. The minimum absolute atomic E-state index is 0.148. The molecule has 2 aliphatic rings. The van der Waals surface area contributed by atoms with Crippen molar-refractivity contribution in [2.45, 2.75) is 25.4 Å². The van der Waals surface area contributed by atoms with Crippen LogP contribution in [0.1, 0.15) is 23.7 Å². The molecule has 1 fully saturated rings. The van der Waals surface area contributed by atoms with Crippen LogP contribution in [0.3, 0.4) is 0 Å². The minimum atomic E-state index is -0.876. The number of benzene rings is 2. The van der Waals surface area contributed by atoms with Crippen molar-refractivity contribution in [2.75, 3.05) is 43.1 Å². The Labute approximate surface area is 199 Å². The number of ether oxygens (including phenoxy) is 1. The lowest BCUT2D eigenvalue weighted by Gasteiger charge is -2.41. The number of morpholine rings is 1. The summed E-state index contributed by atoms with van der Waals surface area (Å²) in [5.41, 5.74) is 2.75. The number of fused-ring (bicyclic) bond motifs is 1. The number of nitrogens with zero attached hydrogens (tertiary/aromatic N) is 3. The average Bonchev–Trinajstić information content (AvgIpc) is 2.86. The molecule has 3 heterocycles. The van der Waals surface area contributed by atoms with Gasteiger partial charge in [-0.3, -0.25) is 9.69 Å². The lowest BCUT2D eigenvalue weighted by atomic mass is 9.79. The molecule has 0 bridgehead atoms. The van der Waals surface area contributed by atoms with E-state index < -0.39 is 5.41 Å². The standard InChI is InChI=1S/C27H29FN4O2/c1-27(26(33)29-23-10-8-22(28)9-11-23)19-31(17-20-5-3-2-4-6-20)18-21-7-12-24(30-25(21)27)32-13-15-34-16-14-32/h2-12H,13-19H2,1H3,(H,29,33). The Balaban J connectivity index is 1.48. The van der Waals surface area contributed by atoms with Gasteiger partial charge in [-0.25, -0.2) is 9.37 Å². The predicted molar refractivity (Wildman–Crippen MR) is 130 cm³/mol. The molecule has 0 aliphatic carbocycles. The molecule has 3 aromatic rings. The van der Waals surface area contributed by atoms with Crippen molar-refractivity contribution < 1.29 is 13.9 Å². The van der Waals surface area contributed by atoms with Crippen LogP contribution in [-0.4, -0.2) is 48.6 Å². The normalized spacial score (nSPS) is 20.6. The van der Waals surface area contributed by atoms with Gasteiger partial charge in [0.2, 0.25) is 5.91 Å². The fraction of sp³-hybridized carbons (Fsp3) is 0.333. The zero-order valence-corrected chi connectivity index (χ0v) is 19.3. The van der Waals surface area contributed by atoms with Crippen LogP contribution >= 0.6 is 0 Å². The van der Waals surface area contributed by atoms with E-state index in [0.29, 0.717) is 25.4 Å². The molecule has 1 N–H and O–H groups in total. The van der Waals surface area contributed by atoms with Crippen LogP contribution in [0.2, 0.25) is 0 Å². The molecule has 0 radical (unpaired) electrons. The maximum Gasteiger partial charge on any atom is 0.237 e. The zero-order chi connectivity index (χ0) is 23.5. The highest BCUT2D eigenvalue weighted by atomic mass is 19.1. The lowest BCUT2D eigenvalue weighted by Crippen LogP contribution is -2.51. The van der Waals surface area contributed by atoms with Crippen molar-refractivity contribution in [1.29, 1.82) is 0 Å². The van der Waals surface area contributed by atoms with Crippen LogP contribution in [0.25, 0.3) is 0 Å². The Morgan fingerprint density at radius 3 is 2.53 bits per heavy atom. The molecule has 1 amide bonds. The summed E-state index contributed by atoms with van der Waals surface area (Å²) in [6, 6.07) is 20.3. The van der Waals surface area contributed by atoms with Crippen LogP contribution in [-0.2, 0) is 28.0 Å². The summed E-state index contributed by atoms with van der Waals surface area (Å²) < 4.78 is 18.9. The third kappa shape index (κ3) is 4.67. The summed E-state index contributed by atoms with van der Waals surface area (Å²) in [4.78, 5) is 23.2. The van der Waals surface area contributed by atoms with Gasteiger partial charge in [-0.05, 0) is 48.4 Å². The number of halogens is 1. The van der Waals surface area contributed by atoms with Gasteiger partial charge < -0.3 is 15.0 Å². The Morgan fingerprint density at radius 1 is 1.06 bits per heavy atom. The predicted octanol–water partition coefficient (Wildman–Crippen LogP) is 3.97. The molecule has 34 heavy (non-hydrogen) atoms. The second-order valence-electron chi connectivity index (χ2n) is 9.20. The van der Waals surface area contributed by atoms with Gasteiger partial charge in [0.15, 0.2) is 0 Å². The molecule has 1 unspecified atom stereocenters. The highest BCUT2D eigenvalue weighted by Crippen LogP contribution is 2.36. The van der Waals surface area contributed by atoms with E-state index in [9.17, 15) is 9.18 Å². The van der Waals surface area contributed by atoms with Crippen molar-refractivity contribution in [3.63, 3.8) is 0 Å². The number of hydrogen-bond donors (Lipinski definition) is 1. The topological polar surface area (TPSA) is 57.7 Å². The van der Waals surface area contributed by atoms with Gasteiger partial charge in [0.25, 0.3) is 0 Å². The van der Waals surface area contributed by atoms with Crippen LogP contribution in [0.15, 0.2) is 66.7 Å². The highest BCUT2D eigenvalue weighted by molar-refractivity contribution is 5.99. The van der Waals surface area contributed by atoms with Gasteiger partial charge in [-0.1, -0.05) is 36.4 Å². The fourth-order valence-electron chi connectivity index (χ4n) is 4.81. The lowest BCUT2D eigenvalue weighted by molar-refractivity contribution is -0.122. The fourth-order valence-corrected chi connectivity index (χ4v) is 4.81. The monoisotopic (exact) mass is 460 g/mol. The van der Waals surface area contributed by atoms with Gasteiger partial charge in [-0.15, -0.1) is 0 Å². The molecule has 0 spiro atoms. The third-order valence-corrected chi connectivity index (χ3v) is 6.61. The van der Waals surface area contributed by atoms with Crippen LogP contribution < -0.4 is 10.2 Å². The molecule has 7 heteroatoms. The largest absolute Gasteiger partial charge is 0.378 e. The molecule has 1 atom stereocenters. The zero-order valence-electron chi connectivity index (χ0n) is 19.3. The summed E-state index contributed by atoms with van der Waals surface area (Å²) in [6.45, 7) is 6.86. The van der Waals surface area contributed by atoms with Gasteiger partial charge in [-0.2, -0.15) is 0 Å². The number of rotatable bonds is 5. The summed E-state index contributed by atoms with van der Waals surface area (Å²) in [5, 5.41) is 3.00. The second kappa shape index (κ2) is 9.52. The third-order valence-electron chi connectivity index (χ3n) is 6.61. The molecule has 0 saturated carbocycles. The average molecular weight is 461 g/mol. The quantitative estimate of drug-likeness (QED) is 0.625. The molecule has 5 rings (SSSR count). The molecule has 2 aliphatic heterocycles. The molecule has 1 saturated heterocycles. The van der Waals surface area contributed by atoms with E-state index in [1.165, 1.54) is 17.7 Å². The van der Waals surface area contributed by atoms with Gasteiger partial charge in [0.05, 0.1) is 18.9 Å². The number of anilines is 2. The first-order valence-electron chi connectivity index (χ1n) is 11.7. The summed E-state index contributed by atoms with van der Waals surface area (Å²) >= 11 is 0. The van der Waals surface area contributed by atoms with E-state index in [2.05, 4.69) is 39.4 Å². The number of amides is 1. The van der Waals surface area contributed by atoms with E-state index in [4.69, 9.17) is 9.72 Å². The summed E-state index contributed by atoms with van der Waals surface area (Å²) in [5.74, 6) is 0.391. The molecule has 6 nitrogen and oxygen atoms in total. The van der Waals surface area contributed by atoms with E-state index in [1.807, 2.05) is 25.1 Å². The second-order valence-corrected chi connectivity index (χ2v) is 9.20. The number of aromatic nitrogens is 1. The van der Waals surface area contributed by atoms with Crippen LogP contribution in [0.5, 0.6) is 0 Å². The highest BCUT2D eigenvalue weighted by Gasteiger charge is 2.44. The first-order valence-corrected chi connectivity index (χ1v) is 11.7. The Kier molecular flexibility index (Phi) is 6.30. The number of pyridine rings is 1. The van der Waals surface area contributed by atoms with E-state index >= 15 is 0 Å². The van der Waals surface area contributed by atoms with Crippen molar-refractivity contribution in [1.82, 2.24) is 9.88 Å². The minimum Gasteiger partial charge on any atom is -0.378 e. The van der Waals surface area contributed by atoms with Gasteiger partial charge in [0.1, 0.15) is 17.1 Å². The molecular weight excluding hydrogens is 431 g/mol. The Morgan fingerprint density at radius 2 is 1.79 bits per heavy atom. The van der Waals surface area contributed by atoms with Crippen LogP contribution in [0, 0.1) is 5.82 Å². The molecule has 176 valence electrons. The maximum atomic E-state index is 13.7. The Bertz CT molecular complexity index is 1150. The van der Waals surface area contributed by atoms with Crippen molar-refractivity contribution in [2.24, 2.45) is 0 Å². The van der Waals surface area contributed by atoms with Crippen LogP contribution in [0.4, 0.5) is 15.9 Å². The number of hydrogen-bond acceptors (Lipinski definition) is 5. The molecule has 2 aromatic carbocycles. The summed E-state index contributed by atoms with van der Waals surface area (Å²) in [7, 11) is 0. The molecular formula is C27H29FN4O2. The summed E-state index contributed by atoms with van der Waals surface area (Å²) in [6.07, 6.45) is 0. The molecule has 1 aromatic heterocycles. The number of carbonyl (C=O) groups excluding carboxylic acids is 1. The van der Waals surface area contributed by atoms with E-state index in [0.717, 1.165) is 43.3 Å². The number of carbonyl (C=O) groups is 1. The van der Waals surface area contributed by atoms with Crippen molar-refractivity contribution in [3.8, 4) is 0 Å². The SMILES string of the molecule is CC1(C(=O)Nc2ccc(F)cc2)CN(Cc2ccccc2)Cc2ccc(N3CCOCC3)nc21. The first-order chi connectivity index (χ1) is 16.5. The Hall–Kier alpha value is -3.29. The van der Waals surface area contributed by atoms with Gasteiger partial charge in [0, 0.05) is 38.4 Å². The van der Waals surface area contributed by atoms with E-state index in [1.54, 1.807) is 12.1 Å². The smallest absolute Gasteiger partial charge is 0.237 e. The van der Waals surface area contributed by atoms with Crippen molar-refractivity contribution in [3.05, 3.63) is 89.4 Å². The van der Waals surface area contributed by atoms with Crippen molar-refractivity contribution >= 4 is 17.4 Å². The first kappa shape index (κ1) is 22.5. The van der Waals surface area contributed by atoms with E-state index in [-0.39, 0.29) is 11.7 Å².